The van der Waals surface area contributed by atoms with Crippen molar-refractivity contribution in [3.63, 3.8) is 0 Å². The minimum absolute atomic E-state index is 0. The lowest BCUT2D eigenvalue weighted by molar-refractivity contribution is 0.514. The van der Waals surface area contributed by atoms with Crippen molar-refractivity contribution in [3.05, 3.63) is 71.3 Å². The topological polar surface area (TPSA) is 12.0 Å². The Morgan fingerprint density at radius 2 is 1.45 bits per heavy atom. The molecule has 1 N–H and O–H groups in total. The maximum atomic E-state index is 3.62. The number of nitrogens with one attached hydrogen (secondary N) is 1. The molecule has 0 aliphatic rings. The molecule has 1 nitrogen and oxygen atoms in total. The Morgan fingerprint density at radius 1 is 0.818 bits per heavy atom. The molecule has 0 aromatic heterocycles. The standard InChI is InChI=1S/C20H27N.ClH/c1-16(2)20-13-11-19(12-14-20)15-21-17(3)9-10-18-7-5-4-6-8-18;/h4-8,11-14,16-17,21H,9-10,15H2,1-3H3;1H. The summed E-state index contributed by atoms with van der Waals surface area (Å²) >= 11 is 0. The molecule has 0 heterocycles. The summed E-state index contributed by atoms with van der Waals surface area (Å²) in [5, 5.41) is 3.62. The van der Waals surface area contributed by atoms with E-state index in [0.29, 0.717) is 12.0 Å². The van der Waals surface area contributed by atoms with E-state index in [1.54, 1.807) is 0 Å². The van der Waals surface area contributed by atoms with Crippen LogP contribution in [0.5, 0.6) is 0 Å². The molecular weight excluding hydrogens is 290 g/mol. The van der Waals surface area contributed by atoms with Gasteiger partial charge in [-0.3, -0.25) is 0 Å². The van der Waals surface area contributed by atoms with Crippen LogP contribution < -0.4 is 5.32 Å². The minimum Gasteiger partial charge on any atom is -0.310 e. The minimum atomic E-state index is 0. The van der Waals surface area contributed by atoms with Crippen molar-refractivity contribution in [2.75, 3.05) is 0 Å². The third kappa shape index (κ3) is 6.21. The summed E-state index contributed by atoms with van der Waals surface area (Å²) in [4.78, 5) is 0. The Morgan fingerprint density at radius 3 is 2.05 bits per heavy atom. The van der Waals surface area contributed by atoms with Crippen LogP contribution in [0.25, 0.3) is 0 Å². The number of hydrogen-bond acceptors (Lipinski definition) is 1. The third-order valence-corrected chi connectivity index (χ3v) is 4.01. The zero-order valence-corrected chi connectivity index (χ0v) is 14.7. The lowest BCUT2D eigenvalue weighted by Gasteiger charge is -2.14. The van der Waals surface area contributed by atoms with Gasteiger partial charge < -0.3 is 5.32 Å². The van der Waals surface area contributed by atoms with Crippen LogP contribution in [0.15, 0.2) is 54.6 Å². The summed E-state index contributed by atoms with van der Waals surface area (Å²) in [6, 6.07) is 20.2. The number of rotatable bonds is 7. The molecule has 0 aliphatic carbocycles. The van der Waals surface area contributed by atoms with Gasteiger partial charge in [0.2, 0.25) is 0 Å². The number of aryl methyl sites for hydroxylation is 1. The van der Waals surface area contributed by atoms with Gasteiger partial charge >= 0.3 is 0 Å². The van der Waals surface area contributed by atoms with E-state index in [-0.39, 0.29) is 12.4 Å². The van der Waals surface area contributed by atoms with Crippen LogP contribution in [0.4, 0.5) is 0 Å². The molecule has 0 saturated carbocycles. The van der Waals surface area contributed by atoms with Gasteiger partial charge in [-0.05, 0) is 42.4 Å². The molecule has 2 heteroatoms. The predicted octanol–water partition coefficient (Wildman–Crippen LogP) is 5.34. The highest BCUT2D eigenvalue weighted by molar-refractivity contribution is 5.85. The second-order valence-electron chi connectivity index (χ2n) is 6.20. The van der Waals surface area contributed by atoms with E-state index in [9.17, 15) is 0 Å². The molecular formula is C20H28ClN. The Balaban J connectivity index is 0.00000242. The van der Waals surface area contributed by atoms with Gasteiger partial charge in [0, 0.05) is 12.6 Å². The average molecular weight is 318 g/mol. The van der Waals surface area contributed by atoms with Crippen LogP contribution >= 0.6 is 12.4 Å². The number of halogens is 1. The van der Waals surface area contributed by atoms with Crippen LogP contribution in [0.2, 0.25) is 0 Å². The van der Waals surface area contributed by atoms with Crippen LogP contribution in [0, 0.1) is 0 Å². The van der Waals surface area contributed by atoms with E-state index >= 15 is 0 Å². The van der Waals surface area contributed by atoms with Crippen LogP contribution in [0.1, 0.15) is 49.8 Å². The van der Waals surface area contributed by atoms with Crippen LogP contribution in [-0.2, 0) is 13.0 Å². The molecule has 0 amide bonds. The lowest BCUT2D eigenvalue weighted by Crippen LogP contribution is -2.25. The normalized spacial score (nSPS) is 12.0. The molecule has 0 fully saturated rings. The molecule has 2 aromatic rings. The summed E-state index contributed by atoms with van der Waals surface area (Å²) < 4.78 is 0. The summed E-state index contributed by atoms with van der Waals surface area (Å²) in [5.74, 6) is 0.608. The monoisotopic (exact) mass is 317 g/mol. The first-order chi connectivity index (χ1) is 10.1. The smallest absolute Gasteiger partial charge is 0.0207 e. The van der Waals surface area contributed by atoms with Crippen LogP contribution in [0.3, 0.4) is 0 Å². The van der Waals surface area contributed by atoms with Gasteiger partial charge in [-0.15, -0.1) is 12.4 Å². The summed E-state index contributed by atoms with van der Waals surface area (Å²) in [6.07, 6.45) is 2.31. The van der Waals surface area contributed by atoms with Gasteiger partial charge in [0.25, 0.3) is 0 Å². The fraction of sp³-hybridized carbons (Fsp3) is 0.400. The van der Waals surface area contributed by atoms with Crippen molar-refractivity contribution in [2.45, 2.75) is 52.1 Å². The number of benzene rings is 2. The molecule has 1 atom stereocenters. The molecule has 0 bridgehead atoms. The highest BCUT2D eigenvalue weighted by Gasteiger charge is 2.03. The van der Waals surface area contributed by atoms with Gasteiger partial charge in [-0.25, -0.2) is 0 Å². The average Bonchev–Trinajstić information content (AvgIpc) is 2.52. The van der Waals surface area contributed by atoms with Gasteiger partial charge in [-0.1, -0.05) is 68.4 Å². The van der Waals surface area contributed by atoms with Crippen molar-refractivity contribution >= 4 is 12.4 Å². The maximum Gasteiger partial charge on any atom is 0.0207 e. The maximum absolute atomic E-state index is 3.62. The molecule has 22 heavy (non-hydrogen) atoms. The zero-order chi connectivity index (χ0) is 15.1. The molecule has 1 unspecified atom stereocenters. The quantitative estimate of drug-likeness (QED) is 0.726. The van der Waals surface area contributed by atoms with Crippen molar-refractivity contribution < 1.29 is 0 Å². The highest BCUT2D eigenvalue weighted by Crippen LogP contribution is 2.14. The largest absolute Gasteiger partial charge is 0.310 e. The molecule has 2 aromatic carbocycles. The second kappa shape index (κ2) is 9.66. The van der Waals surface area contributed by atoms with Gasteiger partial charge in [0.1, 0.15) is 0 Å². The van der Waals surface area contributed by atoms with E-state index in [4.69, 9.17) is 0 Å². The third-order valence-electron chi connectivity index (χ3n) is 4.01. The molecule has 120 valence electrons. The predicted molar refractivity (Wildman–Crippen MR) is 98.8 cm³/mol. The molecule has 0 radical (unpaired) electrons. The Labute approximate surface area is 141 Å². The number of hydrogen-bond donors (Lipinski definition) is 1. The van der Waals surface area contributed by atoms with Gasteiger partial charge in [0.15, 0.2) is 0 Å². The SMILES string of the molecule is CC(CCc1ccccc1)NCc1ccc(C(C)C)cc1.Cl. The van der Waals surface area contributed by atoms with Crippen molar-refractivity contribution in [3.8, 4) is 0 Å². The van der Waals surface area contributed by atoms with E-state index in [1.807, 2.05) is 0 Å². The first-order valence-corrected chi connectivity index (χ1v) is 8.01. The van der Waals surface area contributed by atoms with E-state index in [0.717, 1.165) is 13.0 Å². The lowest BCUT2D eigenvalue weighted by atomic mass is 10.0. The molecule has 2 rings (SSSR count). The first-order valence-electron chi connectivity index (χ1n) is 8.01. The van der Waals surface area contributed by atoms with Gasteiger partial charge in [-0.2, -0.15) is 0 Å². The van der Waals surface area contributed by atoms with Crippen LogP contribution in [-0.4, -0.2) is 6.04 Å². The Kier molecular flexibility index (Phi) is 8.22. The van der Waals surface area contributed by atoms with E-state index in [1.165, 1.54) is 23.1 Å². The fourth-order valence-corrected chi connectivity index (χ4v) is 2.44. The van der Waals surface area contributed by atoms with E-state index in [2.05, 4.69) is 80.7 Å². The van der Waals surface area contributed by atoms with Crippen molar-refractivity contribution in [2.24, 2.45) is 0 Å². The zero-order valence-electron chi connectivity index (χ0n) is 13.9. The second-order valence-corrected chi connectivity index (χ2v) is 6.20. The summed E-state index contributed by atoms with van der Waals surface area (Å²) in [5.41, 5.74) is 4.20. The van der Waals surface area contributed by atoms with Gasteiger partial charge in [0.05, 0.1) is 0 Å². The Bertz CT molecular complexity index is 519. The summed E-state index contributed by atoms with van der Waals surface area (Å²) in [6.45, 7) is 7.69. The molecule has 0 saturated heterocycles. The molecule has 0 spiro atoms. The summed E-state index contributed by atoms with van der Waals surface area (Å²) in [7, 11) is 0. The van der Waals surface area contributed by atoms with Crippen molar-refractivity contribution in [1.82, 2.24) is 5.32 Å². The highest BCUT2D eigenvalue weighted by atomic mass is 35.5. The Hall–Kier alpha value is -1.31. The molecule has 0 aliphatic heterocycles. The van der Waals surface area contributed by atoms with E-state index < -0.39 is 0 Å². The first kappa shape index (κ1) is 18.7. The van der Waals surface area contributed by atoms with Crippen molar-refractivity contribution in [1.29, 1.82) is 0 Å². The fourth-order valence-electron chi connectivity index (χ4n) is 2.44.